The quantitative estimate of drug-likeness (QED) is 0.230. The van der Waals surface area contributed by atoms with Gasteiger partial charge in [0.05, 0.1) is 12.7 Å². The summed E-state index contributed by atoms with van der Waals surface area (Å²) in [5.74, 6) is -0.231. The Morgan fingerprint density at radius 2 is 1.62 bits per heavy atom. The topological polar surface area (TPSA) is 56.3 Å². The first-order valence-electron chi connectivity index (χ1n) is 11.3. The third kappa shape index (κ3) is 5.29. The molecular weight excluding hydrogens is 422 g/mol. The fraction of sp³-hybridized carbons (Fsp3) is 0.167. The van der Waals surface area contributed by atoms with E-state index in [1.54, 1.807) is 12.1 Å². The number of aldehydes is 1. The number of rotatable bonds is 8. The molecule has 4 nitrogen and oxygen atoms in total. The molecule has 1 heterocycles. The van der Waals surface area contributed by atoms with Crippen LogP contribution in [0.1, 0.15) is 55.4 Å². The van der Waals surface area contributed by atoms with Crippen LogP contribution in [0.2, 0.25) is 0 Å². The Morgan fingerprint density at radius 3 is 2.26 bits per heavy atom. The molecule has 0 aliphatic heterocycles. The SMILES string of the molecule is COC(=O)c1ccc(-c2ccc(CCC(c3ccnc(C)c3)c3ccccc3C=O)cc2)cc1. The van der Waals surface area contributed by atoms with Gasteiger partial charge < -0.3 is 4.74 Å². The zero-order valence-electron chi connectivity index (χ0n) is 19.4. The Bertz CT molecular complexity index is 1280. The summed E-state index contributed by atoms with van der Waals surface area (Å²) in [6.07, 6.45) is 4.53. The van der Waals surface area contributed by atoms with Gasteiger partial charge in [-0.2, -0.15) is 0 Å². The van der Waals surface area contributed by atoms with Crippen LogP contribution in [0.5, 0.6) is 0 Å². The largest absolute Gasteiger partial charge is 0.465 e. The Hall–Kier alpha value is -4.05. The zero-order chi connectivity index (χ0) is 23.9. The van der Waals surface area contributed by atoms with E-state index in [0.717, 1.165) is 47.1 Å². The lowest BCUT2D eigenvalue weighted by molar-refractivity contribution is 0.0600. The number of hydrogen-bond acceptors (Lipinski definition) is 4. The number of esters is 1. The number of nitrogens with zero attached hydrogens (tertiary/aromatic N) is 1. The molecule has 0 N–H and O–H groups in total. The van der Waals surface area contributed by atoms with Crippen LogP contribution in [-0.4, -0.2) is 24.3 Å². The maximum Gasteiger partial charge on any atom is 0.337 e. The summed E-state index contributed by atoms with van der Waals surface area (Å²) in [6.45, 7) is 1.99. The molecule has 0 fully saturated rings. The monoisotopic (exact) mass is 449 g/mol. The number of carbonyl (C=O) groups is 2. The minimum atomic E-state index is -0.336. The number of aromatic nitrogens is 1. The minimum Gasteiger partial charge on any atom is -0.465 e. The number of pyridine rings is 1. The average Bonchev–Trinajstić information content (AvgIpc) is 2.89. The Kier molecular flexibility index (Phi) is 7.28. The molecule has 4 heteroatoms. The van der Waals surface area contributed by atoms with Gasteiger partial charge in [-0.3, -0.25) is 9.78 Å². The molecule has 0 saturated carbocycles. The van der Waals surface area contributed by atoms with Crippen molar-refractivity contribution in [2.24, 2.45) is 0 Å². The molecule has 1 atom stereocenters. The second-order valence-corrected chi connectivity index (χ2v) is 8.33. The Morgan fingerprint density at radius 1 is 0.941 bits per heavy atom. The molecular formula is C30H27NO3. The highest BCUT2D eigenvalue weighted by molar-refractivity contribution is 5.90. The maximum absolute atomic E-state index is 11.7. The van der Waals surface area contributed by atoms with Crippen LogP contribution in [0.15, 0.2) is 91.1 Å². The minimum absolute atomic E-state index is 0.105. The lowest BCUT2D eigenvalue weighted by Gasteiger charge is -2.20. The molecule has 170 valence electrons. The molecule has 4 rings (SSSR count). The standard InChI is InChI=1S/C30H27NO3/c1-21-19-26(17-18-31-21)29(28-6-4-3-5-27(28)20-32)16-9-22-7-10-23(11-8-22)24-12-14-25(15-13-24)30(33)34-2/h3-8,10-15,17-20,29H,9,16H2,1-2H3. The van der Waals surface area contributed by atoms with E-state index < -0.39 is 0 Å². The molecule has 0 radical (unpaired) electrons. The predicted molar refractivity (Wildman–Crippen MR) is 134 cm³/mol. The molecule has 0 amide bonds. The summed E-state index contributed by atoms with van der Waals surface area (Å²) in [4.78, 5) is 27.7. The van der Waals surface area contributed by atoms with Gasteiger partial charge in [-0.15, -0.1) is 0 Å². The van der Waals surface area contributed by atoms with Crippen LogP contribution in [0, 0.1) is 6.92 Å². The average molecular weight is 450 g/mol. The molecule has 1 unspecified atom stereocenters. The normalized spacial score (nSPS) is 11.6. The zero-order valence-corrected chi connectivity index (χ0v) is 19.4. The molecule has 0 saturated heterocycles. The molecule has 34 heavy (non-hydrogen) atoms. The van der Waals surface area contributed by atoms with Crippen LogP contribution < -0.4 is 0 Å². The first-order chi connectivity index (χ1) is 16.6. The van der Waals surface area contributed by atoms with Gasteiger partial charge in [0.25, 0.3) is 0 Å². The van der Waals surface area contributed by atoms with Crippen molar-refractivity contribution in [3.05, 3.63) is 125 Å². The highest BCUT2D eigenvalue weighted by atomic mass is 16.5. The lowest BCUT2D eigenvalue weighted by Crippen LogP contribution is -2.07. The second kappa shape index (κ2) is 10.7. The number of methoxy groups -OCH3 is 1. The number of carbonyl (C=O) groups excluding carboxylic acids is 2. The molecule has 0 aliphatic carbocycles. The van der Waals surface area contributed by atoms with Gasteiger partial charge in [0.2, 0.25) is 0 Å². The van der Waals surface area contributed by atoms with Gasteiger partial charge in [-0.05, 0) is 71.8 Å². The van der Waals surface area contributed by atoms with Crippen LogP contribution in [0.25, 0.3) is 11.1 Å². The maximum atomic E-state index is 11.7. The Labute approximate surface area is 200 Å². The van der Waals surface area contributed by atoms with Crippen molar-refractivity contribution in [1.82, 2.24) is 4.98 Å². The van der Waals surface area contributed by atoms with Crippen molar-refractivity contribution in [2.45, 2.75) is 25.7 Å². The van der Waals surface area contributed by atoms with E-state index in [9.17, 15) is 9.59 Å². The van der Waals surface area contributed by atoms with Crippen LogP contribution in [0.3, 0.4) is 0 Å². The van der Waals surface area contributed by atoms with Crippen molar-refractivity contribution in [3.8, 4) is 11.1 Å². The number of aryl methyl sites for hydroxylation is 2. The molecule has 0 bridgehead atoms. The molecule has 1 aromatic heterocycles. The summed E-state index contributed by atoms with van der Waals surface area (Å²) >= 11 is 0. The highest BCUT2D eigenvalue weighted by Crippen LogP contribution is 2.32. The first kappa shape index (κ1) is 23.1. The third-order valence-electron chi connectivity index (χ3n) is 6.14. The number of hydrogen-bond donors (Lipinski definition) is 0. The van der Waals surface area contributed by atoms with E-state index in [4.69, 9.17) is 4.74 Å². The summed E-state index contributed by atoms with van der Waals surface area (Å²) in [7, 11) is 1.38. The fourth-order valence-electron chi connectivity index (χ4n) is 4.31. The summed E-state index contributed by atoms with van der Waals surface area (Å²) < 4.78 is 4.77. The van der Waals surface area contributed by atoms with Gasteiger partial charge >= 0.3 is 5.97 Å². The van der Waals surface area contributed by atoms with Gasteiger partial charge in [0.15, 0.2) is 0 Å². The van der Waals surface area contributed by atoms with Crippen molar-refractivity contribution < 1.29 is 14.3 Å². The number of benzene rings is 3. The Balaban J connectivity index is 1.54. The van der Waals surface area contributed by atoms with Crippen molar-refractivity contribution in [1.29, 1.82) is 0 Å². The van der Waals surface area contributed by atoms with Crippen LogP contribution in [-0.2, 0) is 11.2 Å². The second-order valence-electron chi connectivity index (χ2n) is 8.33. The van der Waals surface area contributed by atoms with E-state index in [1.807, 2.05) is 55.6 Å². The van der Waals surface area contributed by atoms with E-state index in [0.29, 0.717) is 5.56 Å². The van der Waals surface area contributed by atoms with Gasteiger partial charge in [0.1, 0.15) is 6.29 Å². The lowest BCUT2D eigenvalue weighted by atomic mass is 9.84. The van der Waals surface area contributed by atoms with E-state index >= 15 is 0 Å². The predicted octanol–water partition coefficient (Wildman–Crippen LogP) is 6.42. The van der Waals surface area contributed by atoms with Gasteiger partial charge in [0, 0.05) is 23.4 Å². The van der Waals surface area contributed by atoms with Crippen LogP contribution >= 0.6 is 0 Å². The van der Waals surface area contributed by atoms with E-state index in [2.05, 4.69) is 35.3 Å². The van der Waals surface area contributed by atoms with Crippen LogP contribution in [0.4, 0.5) is 0 Å². The third-order valence-corrected chi connectivity index (χ3v) is 6.14. The summed E-state index contributed by atoms with van der Waals surface area (Å²) in [5, 5.41) is 0. The van der Waals surface area contributed by atoms with Gasteiger partial charge in [-0.1, -0.05) is 60.7 Å². The number of ether oxygens (including phenoxy) is 1. The summed E-state index contributed by atoms with van der Waals surface area (Å²) in [5.41, 5.74) is 7.82. The molecule has 0 spiro atoms. The highest BCUT2D eigenvalue weighted by Gasteiger charge is 2.18. The van der Waals surface area contributed by atoms with Crippen molar-refractivity contribution in [3.63, 3.8) is 0 Å². The summed E-state index contributed by atoms with van der Waals surface area (Å²) in [6, 6.07) is 27.9. The van der Waals surface area contributed by atoms with E-state index in [-0.39, 0.29) is 11.9 Å². The molecule has 0 aliphatic rings. The van der Waals surface area contributed by atoms with Crippen molar-refractivity contribution in [2.75, 3.05) is 7.11 Å². The smallest absolute Gasteiger partial charge is 0.337 e. The molecule has 4 aromatic rings. The van der Waals surface area contributed by atoms with Gasteiger partial charge in [-0.25, -0.2) is 4.79 Å². The fourth-order valence-corrected chi connectivity index (χ4v) is 4.31. The van der Waals surface area contributed by atoms with Crippen molar-refractivity contribution >= 4 is 12.3 Å². The molecule has 3 aromatic carbocycles. The van der Waals surface area contributed by atoms with E-state index in [1.165, 1.54) is 18.2 Å². The first-order valence-corrected chi connectivity index (χ1v) is 11.3.